The van der Waals surface area contributed by atoms with Gasteiger partial charge in [-0.25, -0.2) is 0 Å². The van der Waals surface area contributed by atoms with E-state index in [1.165, 1.54) is 0 Å². The fourth-order valence-corrected chi connectivity index (χ4v) is 2.18. The number of aromatic nitrogens is 1. The predicted octanol–water partition coefficient (Wildman–Crippen LogP) is 1.60. The highest BCUT2D eigenvalue weighted by molar-refractivity contribution is 5.99. The summed E-state index contributed by atoms with van der Waals surface area (Å²) >= 11 is 0. The third kappa shape index (κ3) is 3.11. The van der Waals surface area contributed by atoms with Gasteiger partial charge in [-0.2, -0.15) is 0 Å². The molecule has 0 spiro atoms. The molecule has 0 saturated heterocycles. The van der Waals surface area contributed by atoms with Gasteiger partial charge >= 0.3 is 0 Å². The Bertz CT molecular complexity index is 932. The van der Waals surface area contributed by atoms with Gasteiger partial charge in [0.15, 0.2) is 0 Å². The minimum atomic E-state index is -0.600. The Hall–Kier alpha value is -3.41. The highest BCUT2D eigenvalue weighted by atomic mass is 16.2. The van der Waals surface area contributed by atoms with Crippen LogP contribution in [0.2, 0.25) is 0 Å². The van der Waals surface area contributed by atoms with Crippen LogP contribution in [0.5, 0.6) is 0 Å². The number of nitrogens with one attached hydrogen (secondary N) is 3. The van der Waals surface area contributed by atoms with E-state index in [2.05, 4.69) is 15.8 Å². The van der Waals surface area contributed by atoms with Gasteiger partial charge < -0.3 is 4.98 Å². The van der Waals surface area contributed by atoms with Crippen molar-refractivity contribution in [3.63, 3.8) is 0 Å². The molecule has 1 aromatic heterocycles. The van der Waals surface area contributed by atoms with Crippen LogP contribution in [0.4, 0.5) is 0 Å². The molecule has 3 aromatic rings. The third-order valence-electron chi connectivity index (χ3n) is 3.32. The highest BCUT2D eigenvalue weighted by Gasteiger charge is 2.11. The zero-order valence-corrected chi connectivity index (χ0v) is 12.0. The number of rotatable bonds is 2. The summed E-state index contributed by atoms with van der Waals surface area (Å²) < 4.78 is 0. The molecule has 0 unspecified atom stereocenters. The van der Waals surface area contributed by atoms with E-state index >= 15 is 0 Å². The quantitative estimate of drug-likeness (QED) is 0.628. The molecule has 6 nitrogen and oxygen atoms in total. The maximum atomic E-state index is 12.1. The first-order chi connectivity index (χ1) is 11.1. The molecule has 2 aromatic carbocycles. The van der Waals surface area contributed by atoms with E-state index in [0.717, 1.165) is 0 Å². The molecule has 3 N–H and O–H groups in total. The van der Waals surface area contributed by atoms with Crippen LogP contribution in [-0.4, -0.2) is 16.8 Å². The summed E-state index contributed by atoms with van der Waals surface area (Å²) in [5.74, 6) is -1.04. The molecule has 0 fully saturated rings. The van der Waals surface area contributed by atoms with Gasteiger partial charge in [-0.1, -0.05) is 36.4 Å². The average Bonchev–Trinajstić information content (AvgIpc) is 2.60. The Morgan fingerprint density at radius 2 is 1.48 bits per heavy atom. The normalized spacial score (nSPS) is 10.3. The number of hydrogen-bond donors (Lipinski definition) is 3. The number of carbonyl (C=O) groups is 2. The van der Waals surface area contributed by atoms with E-state index in [1.807, 2.05) is 0 Å². The number of H-pyrrole nitrogens is 1. The van der Waals surface area contributed by atoms with Crippen molar-refractivity contribution in [2.45, 2.75) is 0 Å². The van der Waals surface area contributed by atoms with Crippen LogP contribution in [0.3, 0.4) is 0 Å². The van der Waals surface area contributed by atoms with Crippen LogP contribution >= 0.6 is 0 Å². The zero-order chi connectivity index (χ0) is 16.2. The molecular formula is C17H13N3O3. The molecule has 23 heavy (non-hydrogen) atoms. The molecule has 2 amide bonds. The topological polar surface area (TPSA) is 91.1 Å². The highest BCUT2D eigenvalue weighted by Crippen LogP contribution is 2.09. The Morgan fingerprint density at radius 3 is 2.26 bits per heavy atom. The molecule has 0 bridgehead atoms. The summed E-state index contributed by atoms with van der Waals surface area (Å²) in [5.41, 5.74) is 4.71. The molecule has 0 saturated carbocycles. The first-order valence-corrected chi connectivity index (χ1v) is 6.93. The molecule has 3 rings (SSSR count). The first-order valence-electron chi connectivity index (χ1n) is 6.93. The van der Waals surface area contributed by atoms with E-state index in [1.54, 1.807) is 60.7 Å². The van der Waals surface area contributed by atoms with Crippen LogP contribution in [0, 0.1) is 0 Å². The van der Waals surface area contributed by atoms with Crippen molar-refractivity contribution in [3.8, 4) is 0 Å². The van der Waals surface area contributed by atoms with Gasteiger partial charge in [0.25, 0.3) is 17.4 Å². The Morgan fingerprint density at radius 1 is 0.826 bits per heavy atom. The number of amides is 2. The van der Waals surface area contributed by atoms with E-state index in [-0.39, 0.29) is 11.3 Å². The monoisotopic (exact) mass is 307 g/mol. The Kier molecular flexibility index (Phi) is 3.88. The van der Waals surface area contributed by atoms with Crippen molar-refractivity contribution in [1.29, 1.82) is 0 Å². The van der Waals surface area contributed by atoms with Gasteiger partial charge in [0, 0.05) is 10.9 Å². The second kappa shape index (κ2) is 6.15. The van der Waals surface area contributed by atoms with Crippen molar-refractivity contribution in [2.75, 3.05) is 0 Å². The lowest BCUT2D eigenvalue weighted by Crippen LogP contribution is -2.42. The zero-order valence-electron chi connectivity index (χ0n) is 12.0. The average molecular weight is 307 g/mol. The first kappa shape index (κ1) is 14.5. The second-order valence-corrected chi connectivity index (χ2v) is 4.87. The van der Waals surface area contributed by atoms with E-state index in [0.29, 0.717) is 16.3 Å². The molecule has 0 aliphatic rings. The number of aromatic amines is 1. The smallest absolute Gasteiger partial charge is 0.286 e. The van der Waals surface area contributed by atoms with Gasteiger partial charge in [-0.05, 0) is 29.7 Å². The lowest BCUT2D eigenvalue weighted by atomic mass is 10.1. The van der Waals surface area contributed by atoms with E-state index in [9.17, 15) is 14.4 Å². The van der Waals surface area contributed by atoms with Gasteiger partial charge in [0.2, 0.25) is 0 Å². The molecule has 0 aliphatic carbocycles. The number of carbonyl (C=O) groups excluding carboxylic acids is 2. The fourth-order valence-electron chi connectivity index (χ4n) is 2.18. The maximum absolute atomic E-state index is 12.1. The third-order valence-corrected chi connectivity index (χ3v) is 3.32. The minimum absolute atomic E-state index is 0.0714. The summed E-state index contributed by atoms with van der Waals surface area (Å²) in [5, 5.41) is 1.15. The summed E-state index contributed by atoms with van der Waals surface area (Å²) in [6.45, 7) is 0. The maximum Gasteiger partial charge on any atom is 0.286 e. The number of fused-ring (bicyclic) bond motifs is 1. The van der Waals surface area contributed by atoms with Crippen LogP contribution in [0.15, 0.2) is 65.5 Å². The van der Waals surface area contributed by atoms with Gasteiger partial charge in [0.05, 0.1) is 0 Å². The van der Waals surface area contributed by atoms with Gasteiger partial charge in [-0.15, -0.1) is 0 Å². The Labute approximate surface area is 131 Å². The van der Waals surface area contributed by atoms with Crippen molar-refractivity contribution in [3.05, 3.63) is 82.3 Å². The second-order valence-electron chi connectivity index (χ2n) is 4.87. The van der Waals surface area contributed by atoms with Crippen molar-refractivity contribution < 1.29 is 9.59 Å². The molecule has 6 heteroatoms. The lowest BCUT2D eigenvalue weighted by Gasteiger charge is -2.08. The Balaban J connectivity index is 1.76. The summed E-state index contributed by atoms with van der Waals surface area (Å²) in [6, 6.07) is 17.0. The summed E-state index contributed by atoms with van der Waals surface area (Å²) in [4.78, 5) is 38.4. The number of hydrazine groups is 1. The van der Waals surface area contributed by atoms with Crippen LogP contribution in [0.25, 0.3) is 10.8 Å². The van der Waals surface area contributed by atoms with Crippen molar-refractivity contribution >= 4 is 22.6 Å². The summed E-state index contributed by atoms with van der Waals surface area (Å²) in [6.07, 6.45) is 0. The molecular weight excluding hydrogens is 294 g/mol. The van der Waals surface area contributed by atoms with Crippen LogP contribution in [0.1, 0.15) is 20.8 Å². The lowest BCUT2D eigenvalue weighted by molar-refractivity contribution is 0.0844. The van der Waals surface area contributed by atoms with Gasteiger partial charge in [0.1, 0.15) is 5.69 Å². The van der Waals surface area contributed by atoms with E-state index < -0.39 is 11.8 Å². The molecule has 0 atom stereocenters. The standard InChI is InChI=1S/C17H13N3O3/c21-15(11-6-2-1-3-7-11)19-20-17(23)14-10-12-8-4-5-9-13(12)16(22)18-14/h1-10H,(H,18,22)(H,19,21)(H,20,23). The van der Waals surface area contributed by atoms with Crippen LogP contribution < -0.4 is 16.4 Å². The number of benzene rings is 2. The largest absolute Gasteiger partial charge is 0.317 e. The summed E-state index contributed by atoms with van der Waals surface area (Å²) in [7, 11) is 0. The molecule has 1 heterocycles. The minimum Gasteiger partial charge on any atom is -0.317 e. The van der Waals surface area contributed by atoms with E-state index in [4.69, 9.17) is 0 Å². The molecule has 0 radical (unpaired) electrons. The van der Waals surface area contributed by atoms with Crippen LogP contribution in [-0.2, 0) is 0 Å². The number of hydrogen-bond acceptors (Lipinski definition) is 3. The number of pyridine rings is 1. The molecule has 0 aliphatic heterocycles. The van der Waals surface area contributed by atoms with Crippen molar-refractivity contribution in [1.82, 2.24) is 15.8 Å². The fraction of sp³-hybridized carbons (Fsp3) is 0. The predicted molar refractivity (Wildman–Crippen MR) is 85.9 cm³/mol. The molecule has 114 valence electrons. The SMILES string of the molecule is O=C(NNC(=O)c1cc2ccccc2c(=O)[nH]1)c1ccccc1. The van der Waals surface area contributed by atoms with Crippen molar-refractivity contribution in [2.24, 2.45) is 0 Å². The van der Waals surface area contributed by atoms with Gasteiger partial charge in [-0.3, -0.25) is 25.2 Å².